The van der Waals surface area contributed by atoms with Crippen LogP contribution in [0.1, 0.15) is 41.4 Å². The standard InChI is InChI=1S/C30H25FN4O4/c1-17-26(19(3)39-34-17)22-11-14-24-25(15-22)33-27(32-24)30(16-20-7-5-4-6-8-20)28(36)35(29(37)38-30)18(2)21-9-12-23(31)13-10-21/h4-15,18H,16H2,1-3H3,(H,32,33)/t18-,30-/m1/s1. The van der Waals surface area contributed by atoms with Crippen molar-refractivity contribution in [2.45, 2.75) is 38.8 Å². The summed E-state index contributed by atoms with van der Waals surface area (Å²) in [7, 11) is 0. The molecule has 0 aliphatic carbocycles. The van der Waals surface area contributed by atoms with Gasteiger partial charge in [-0.1, -0.05) is 53.7 Å². The zero-order valence-corrected chi connectivity index (χ0v) is 21.6. The average molecular weight is 525 g/mol. The smallest absolute Gasteiger partial charge is 0.418 e. The van der Waals surface area contributed by atoms with Crippen LogP contribution < -0.4 is 0 Å². The lowest BCUT2D eigenvalue weighted by Crippen LogP contribution is -2.42. The number of halogens is 1. The number of aromatic nitrogens is 3. The number of hydrogen-bond donors (Lipinski definition) is 1. The summed E-state index contributed by atoms with van der Waals surface area (Å²) >= 11 is 0. The topological polar surface area (TPSA) is 101 Å². The van der Waals surface area contributed by atoms with E-state index in [9.17, 15) is 14.0 Å². The van der Waals surface area contributed by atoms with E-state index >= 15 is 0 Å². The van der Waals surface area contributed by atoms with Gasteiger partial charge in [-0.3, -0.25) is 4.79 Å². The molecule has 1 aliphatic rings. The van der Waals surface area contributed by atoms with Gasteiger partial charge in [0.1, 0.15) is 11.6 Å². The van der Waals surface area contributed by atoms with Gasteiger partial charge in [0.05, 0.1) is 22.8 Å². The molecule has 1 aliphatic heterocycles. The van der Waals surface area contributed by atoms with E-state index in [0.29, 0.717) is 22.4 Å². The van der Waals surface area contributed by atoms with E-state index in [-0.39, 0.29) is 12.2 Å². The van der Waals surface area contributed by atoms with Gasteiger partial charge in [0, 0.05) is 12.0 Å². The summed E-state index contributed by atoms with van der Waals surface area (Å²) in [5.74, 6) is -0.0333. The van der Waals surface area contributed by atoms with Crippen LogP contribution in [0, 0.1) is 19.7 Å². The summed E-state index contributed by atoms with van der Waals surface area (Å²) in [6.45, 7) is 5.42. The lowest BCUT2D eigenvalue weighted by atomic mass is 9.92. The Balaban J connectivity index is 1.45. The van der Waals surface area contributed by atoms with Gasteiger partial charge in [0.2, 0.25) is 0 Å². The van der Waals surface area contributed by atoms with Crippen molar-refractivity contribution >= 4 is 23.0 Å². The number of fused-ring (bicyclic) bond motifs is 1. The molecule has 3 heterocycles. The molecule has 3 aromatic carbocycles. The van der Waals surface area contributed by atoms with E-state index in [4.69, 9.17) is 14.2 Å². The van der Waals surface area contributed by atoms with Crippen molar-refractivity contribution in [3.63, 3.8) is 0 Å². The molecule has 9 heteroatoms. The van der Waals surface area contributed by atoms with Crippen molar-refractivity contribution < 1.29 is 23.2 Å². The van der Waals surface area contributed by atoms with E-state index in [1.807, 2.05) is 62.4 Å². The second kappa shape index (κ2) is 9.20. The lowest BCUT2D eigenvalue weighted by Gasteiger charge is -2.25. The third-order valence-corrected chi connectivity index (χ3v) is 7.25. The van der Waals surface area contributed by atoms with Crippen LogP contribution in [-0.2, 0) is 21.6 Å². The molecule has 0 spiro atoms. The van der Waals surface area contributed by atoms with Crippen LogP contribution in [0.3, 0.4) is 0 Å². The minimum Gasteiger partial charge on any atom is -0.424 e. The van der Waals surface area contributed by atoms with Crippen LogP contribution in [-0.4, -0.2) is 32.0 Å². The Morgan fingerprint density at radius 2 is 1.77 bits per heavy atom. The summed E-state index contributed by atoms with van der Waals surface area (Å²) in [5.41, 5.74) is 3.48. The maximum atomic E-state index is 14.2. The quantitative estimate of drug-likeness (QED) is 0.286. The molecule has 39 heavy (non-hydrogen) atoms. The van der Waals surface area contributed by atoms with Gasteiger partial charge in [-0.25, -0.2) is 19.1 Å². The molecule has 1 fully saturated rings. The highest BCUT2D eigenvalue weighted by Gasteiger charge is 2.58. The van der Waals surface area contributed by atoms with Crippen molar-refractivity contribution in [1.82, 2.24) is 20.0 Å². The number of aryl methyl sites for hydroxylation is 2. The van der Waals surface area contributed by atoms with E-state index in [2.05, 4.69) is 10.1 Å². The molecule has 6 rings (SSSR count). The van der Waals surface area contributed by atoms with Crippen LogP contribution in [0.15, 0.2) is 77.3 Å². The fourth-order valence-corrected chi connectivity index (χ4v) is 5.22. The van der Waals surface area contributed by atoms with Crippen LogP contribution in [0.25, 0.3) is 22.2 Å². The molecule has 2 atom stereocenters. The number of imide groups is 1. The number of carbonyl (C=O) groups is 2. The van der Waals surface area contributed by atoms with Crippen LogP contribution in [0.4, 0.5) is 9.18 Å². The first kappa shape index (κ1) is 24.5. The first-order valence-electron chi connectivity index (χ1n) is 12.6. The van der Waals surface area contributed by atoms with E-state index in [1.165, 1.54) is 12.1 Å². The first-order valence-corrected chi connectivity index (χ1v) is 12.6. The molecule has 2 aromatic heterocycles. The number of H-pyrrole nitrogens is 1. The van der Waals surface area contributed by atoms with Crippen molar-refractivity contribution in [3.8, 4) is 11.1 Å². The second-order valence-electron chi connectivity index (χ2n) is 9.78. The highest BCUT2D eigenvalue weighted by Crippen LogP contribution is 2.41. The predicted octanol–water partition coefficient (Wildman–Crippen LogP) is 6.15. The average Bonchev–Trinajstić information content (AvgIpc) is 3.58. The second-order valence-corrected chi connectivity index (χ2v) is 9.78. The number of rotatable bonds is 6. The van der Waals surface area contributed by atoms with Gasteiger partial charge in [0.25, 0.3) is 11.5 Å². The molecule has 1 N–H and O–H groups in total. The van der Waals surface area contributed by atoms with Crippen LogP contribution in [0.5, 0.6) is 0 Å². The molecule has 5 aromatic rings. The Morgan fingerprint density at radius 3 is 2.46 bits per heavy atom. The molecule has 8 nitrogen and oxygen atoms in total. The summed E-state index contributed by atoms with van der Waals surface area (Å²) in [4.78, 5) is 36.6. The van der Waals surface area contributed by atoms with Crippen LogP contribution in [0.2, 0.25) is 0 Å². The Kier molecular flexibility index (Phi) is 5.79. The van der Waals surface area contributed by atoms with E-state index in [0.717, 1.165) is 27.3 Å². The molecule has 0 radical (unpaired) electrons. The number of aromatic amines is 1. The minimum atomic E-state index is -1.71. The van der Waals surface area contributed by atoms with Gasteiger partial charge >= 0.3 is 6.09 Å². The first-order chi connectivity index (χ1) is 18.8. The number of amides is 2. The van der Waals surface area contributed by atoms with Gasteiger partial charge in [0.15, 0.2) is 5.82 Å². The molecule has 196 valence electrons. The fraction of sp³-hybridized carbons (Fsp3) is 0.200. The van der Waals surface area contributed by atoms with Crippen molar-refractivity contribution in [1.29, 1.82) is 0 Å². The monoisotopic (exact) mass is 524 g/mol. The normalized spacial score (nSPS) is 18.1. The number of hydrogen-bond acceptors (Lipinski definition) is 6. The third kappa shape index (κ3) is 4.06. The summed E-state index contributed by atoms with van der Waals surface area (Å²) < 4.78 is 24.8. The molecule has 0 saturated carbocycles. The largest absolute Gasteiger partial charge is 0.424 e. The lowest BCUT2D eigenvalue weighted by molar-refractivity contribution is -0.139. The summed E-state index contributed by atoms with van der Waals surface area (Å²) in [6, 6.07) is 20.0. The third-order valence-electron chi connectivity index (χ3n) is 7.25. The van der Waals surface area contributed by atoms with Crippen molar-refractivity contribution in [3.05, 3.63) is 107 Å². The molecule has 1 saturated heterocycles. The summed E-state index contributed by atoms with van der Waals surface area (Å²) in [6.07, 6.45) is -0.702. The van der Waals surface area contributed by atoms with E-state index in [1.54, 1.807) is 19.1 Å². The zero-order chi connectivity index (χ0) is 27.3. The van der Waals surface area contributed by atoms with Gasteiger partial charge in [-0.2, -0.15) is 0 Å². The predicted molar refractivity (Wildman–Crippen MR) is 141 cm³/mol. The highest BCUT2D eigenvalue weighted by molar-refractivity contribution is 6.04. The Labute approximate surface area is 223 Å². The molecular weight excluding hydrogens is 499 g/mol. The van der Waals surface area contributed by atoms with Crippen LogP contribution >= 0.6 is 0 Å². The minimum absolute atomic E-state index is 0.0849. The fourth-order valence-electron chi connectivity index (χ4n) is 5.22. The van der Waals surface area contributed by atoms with Crippen molar-refractivity contribution in [2.24, 2.45) is 0 Å². The van der Waals surface area contributed by atoms with Gasteiger partial charge in [-0.05, 0) is 61.7 Å². The van der Waals surface area contributed by atoms with Gasteiger partial charge in [-0.15, -0.1) is 0 Å². The molecule has 0 unspecified atom stereocenters. The highest BCUT2D eigenvalue weighted by atomic mass is 19.1. The number of carbonyl (C=O) groups excluding carboxylic acids is 2. The van der Waals surface area contributed by atoms with E-state index < -0.39 is 29.5 Å². The van der Waals surface area contributed by atoms with Gasteiger partial charge < -0.3 is 14.2 Å². The number of ether oxygens (including phenoxy) is 1. The number of nitrogens with zero attached hydrogens (tertiary/aromatic N) is 3. The number of nitrogens with one attached hydrogen (secondary N) is 1. The Morgan fingerprint density at radius 1 is 1.03 bits per heavy atom. The zero-order valence-electron chi connectivity index (χ0n) is 21.6. The maximum absolute atomic E-state index is 14.2. The number of benzene rings is 3. The maximum Gasteiger partial charge on any atom is 0.418 e. The SMILES string of the molecule is Cc1noc(C)c1-c1ccc2[nH]c([C@@]3(Cc4ccccc4)OC(=O)N([C@H](C)c4ccc(F)cc4)C3=O)nc2c1. The number of cyclic esters (lactones) is 1. The Hall–Kier alpha value is -4.79. The molecule has 2 amide bonds. The number of imidazole rings is 1. The Bertz CT molecular complexity index is 1690. The summed E-state index contributed by atoms with van der Waals surface area (Å²) in [5, 5.41) is 4.04. The van der Waals surface area contributed by atoms with Crippen molar-refractivity contribution in [2.75, 3.05) is 0 Å². The molecular formula is C30H25FN4O4. The molecule has 0 bridgehead atoms.